The second-order valence-corrected chi connectivity index (χ2v) is 6.17. The molecule has 0 aliphatic rings. The molecule has 0 radical (unpaired) electrons. The molecule has 1 heterocycles. The number of hydrogen-bond donors (Lipinski definition) is 1. The minimum absolute atomic E-state index is 0.431. The van der Waals surface area contributed by atoms with E-state index >= 15 is 0 Å². The zero-order valence-electron chi connectivity index (χ0n) is 11.0. The molecule has 0 amide bonds. The van der Waals surface area contributed by atoms with Crippen LogP contribution in [0, 0.1) is 10.9 Å². The lowest BCUT2D eigenvalue weighted by molar-refractivity contribution is 0.407. The minimum Gasteiger partial charge on any atom is -0.496 e. The molecule has 2 rings (SSSR count). The molecule has 0 aliphatic heterocycles. The Kier molecular flexibility index (Phi) is 3.88. The topological polar surface area (TPSA) is 25.0 Å². The molecule has 0 saturated carbocycles. The SMILES string of the molecule is COc1cc(C)c(-c2csc(=S)[nH]2)cc1C(C)C. The van der Waals surface area contributed by atoms with Gasteiger partial charge in [-0.05, 0) is 48.3 Å². The second-order valence-electron chi connectivity index (χ2n) is 4.63. The highest BCUT2D eigenvalue weighted by Gasteiger charge is 2.12. The summed E-state index contributed by atoms with van der Waals surface area (Å²) in [5.74, 6) is 1.39. The number of ether oxygens (including phenoxy) is 1. The fourth-order valence-electron chi connectivity index (χ4n) is 2.03. The Bertz CT molecular complexity index is 610. The van der Waals surface area contributed by atoms with Gasteiger partial charge in [-0.25, -0.2) is 0 Å². The number of aromatic amines is 1. The van der Waals surface area contributed by atoms with E-state index in [2.05, 4.69) is 43.3 Å². The van der Waals surface area contributed by atoms with Crippen LogP contribution >= 0.6 is 23.6 Å². The van der Waals surface area contributed by atoms with E-state index in [-0.39, 0.29) is 0 Å². The van der Waals surface area contributed by atoms with Crippen LogP contribution in [0.3, 0.4) is 0 Å². The average molecular weight is 279 g/mol. The molecule has 18 heavy (non-hydrogen) atoms. The maximum Gasteiger partial charge on any atom is 0.158 e. The molecule has 1 aromatic heterocycles. The van der Waals surface area contributed by atoms with Gasteiger partial charge >= 0.3 is 0 Å². The number of aryl methyl sites for hydroxylation is 1. The van der Waals surface area contributed by atoms with Crippen molar-refractivity contribution in [3.05, 3.63) is 32.6 Å². The van der Waals surface area contributed by atoms with Crippen molar-refractivity contribution in [3.8, 4) is 17.0 Å². The van der Waals surface area contributed by atoms with Gasteiger partial charge in [-0.3, -0.25) is 0 Å². The van der Waals surface area contributed by atoms with Gasteiger partial charge in [-0.1, -0.05) is 13.8 Å². The van der Waals surface area contributed by atoms with E-state index in [1.165, 1.54) is 16.7 Å². The van der Waals surface area contributed by atoms with E-state index in [9.17, 15) is 0 Å². The van der Waals surface area contributed by atoms with Crippen LogP contribution in [0.1, 0.15) is 30.9 Å². The fraction of sp³-hybridized carbons (Fsp3) is 0.357. The molecule has 2 nitrogen and oxygen atoms in total. The number of nitrogens with one attached hydrogen (secondary N) is 1. The minimum atomic E-state index is 0.431. The molecule has 0 saturated heterocycles. The van der Waals surface area contributed by atoms with Crippen molar-refractivity contribution in [1.29, 1.82) is 0 Å². The summed E-state index contributed by atoms with van der Waals surface area (Å²) in [6.45, 7) is 6.44. The summed E-state index contributed by atoms with van der Waals surface area (Å²) in [5, 5.41) is 2.07. The normalized spacial score (nSPS) is 10.9. The van der Waals surface area contributed by atoms with Crippen LogP contribution in [0.25, 0.3) is 11.3 Å². The zero-order chi connectivity index (χ0) is 13.3. The number of H-pyrrole nitrogens is 1. The highest BCUT2D eigenvalue weighted by atomic mass is 32.1. The van der Waals surface area contributed by atoms with Crippen molar-refractivity contribution in [2.75, 3.05) is 7.11 Å². The van der Waals surface area contributed by atoms with Crippen molar-refractivity contribution in [2.24, 2.45) is 0 Å². The monoisotopic (exact) mass is 279 g/mol. The van der Waals surface area contributed by atoms with Crippen molar-refractivity contribution in [1.82, 2.24) is 4.98 Å². The molecule has 0 unspecified atom stereocenters. The molecule has 0 fully saturated rings. The Morgan fingerprint density at radius 1 is 1.33 bits per heavy atom. The first-order chi connectivity index (χ1) is 8.52. The van der Waals surface area contributed by atoms with Gasteiger partial charge in [-0.2, -0.15) is 0 Å². The van der Waals surface area contributed by atoms with Crippen molar-refractivity contribution < 1.29 is 4.74 Å². The Morgan fingerprint density at radius 3 is 2.56 bits per heavy atom. The summed E-state index contributed by atoms with van der Waals surface area (Å²) in [4.78, 5) is 3.23. The second kappa shape index (κ2) is 5.24. The summed E-state index contributed by atoms with van der Waals surface area (Å²) in [5.41, 5.74) is 4.71. The Hall–Kier alpha value is -1.13. The maximum atomic E-state index is 5.46. The van der Waals surface area contributed by atoms with Crippen molar-refractivity contribution >= 4 is 23.6 Å². The van der Waals surface area contributed by atoms with Crippen LogP contribution in [0.2, 0.25) is 0 Å². The average Bonchev–Trinajstić information content (AvgIpc) is 2.74. The molecule has 4 heteroatoms. The largest absolute Gasteiger partial charge is 0.496 e. The molecule has 96 valence electrons. The van der Waals surface area contributed by atoms with E-state index in [0.29, 0.717) is 5.92 Å². The number of aromatic nitrogens is 1. The maximum absolute atomic E-state index is 5.46. The first kappa shape index (κ1) is 13.3. The molecule has 0 spiro atoms. The third-order valence-corrected chi connectivity index (χ3v) is 4.07. The van der Waals surface area contributed by atoms with Crippen LogP contribution in [0.4, 0.5) is 0 Å². The highest BCUT2D eigenvalue weighted by Crippen LogP contribution is 2.34. The van der Waals surface area contributed by atoms with Gasteiger partial charge < -0.3 is 9.72 Å². The Balaban J connectivity index is 2.61. The lowest BCUT2D eigenvalue weighted by Gasteiger charge is -2.15. The predicted molar refractivity (Wildman–Crippen MR) is 80.3 cm³/mol. The van der Waals surface area contributed by atoms with Crippen LogP contribution in [-0.2, 0) is 0 Å². The van der Waals surface area contributed by atoms with Gasteiger partial charge in [0.2, 0.25) is 0 Å². The van der Waals surface area contributed by atoms with Crippen molar-refractivity contribution in [2.45, 2.75) is 26.7 Å². The summed E-state index contributed by atoms with van der Waals surface area (Å²) in [6.07, 6.45) is 0. The standard InChI is InChI=1S/C14H17NOS2/c1-8(2)10-6-11(9(3)5-13(10)16-4)12-7-18-14(17)15-12/h5-8H,1-4H3,(H,15,17). The first-order valence-electron chi connectivity index (χ1n) is 5.89. The molecule has 1 N–H and O–H groups in total. The molecular weight excluding hydrogens is 262 g/mol. The van der Waals surface area contributed by atoms with E-state index in [1.54, 1.807) is 18.4 Å². The van der Waals surface area contributed by atoms with Crippen LogP contribution in [0.5, 0.6) is 5.75 Å². The smallest absolute Gasteiger partial charge is 0.158 e. The lowest BCUT2D eigenvalue weighted by atomic mass is 9.95. The number of thiazole rings is 1. The van der Waals surface area contributed by atoms with E-state index < -0.39 is 0 Å². The number of rotatable bonds is 3. The molecule has 2 aromatic rings. The van der Waals surface area contributed by atoms with Gasteiger partial charge in [0, 0.05) is 10.9 Å². The lowest BCUT2D eigenvalue weighted by Crippen LogP contribution is -1.97. The van der Waals surface area contributed by atoms with Gasteiger partial charge in [-0.15, -0.1) is 11.3 Å². The molecule has 0 atom stereocenters. The summed E-state index contributed by atoms with van der Waals surface area (Å²) >= 11 is 6.71. The van der Waals surface area contributed by atoms with Gasteiger partial charge in [0.05, 0.1) is 12.8 Å². The van der Waals surface area contributed by atoms with Crippen LogP contribution in [-0.4, -0.2) is 12.1 Å². The van der Waals surface area contributed by atoms with E-state index in [4.69, 9.17) is 17.0 Å². The van der Waals surface area contributed by atoms with Gasteiger partial charge in [0.15, 0.2) is 3.95 Å². The molecular formula is C14H17NOS2. The van der Waals surface area contributed by atoms with E-state index in [1.807, 2.05) is 0 Å². The van der Waals surface area contributed by atoms with Crippen LogP contribution < -0.4 is 4.74 Å². The van der Waals surface area contributed by atoms with Gasteiger partial charge in [0.25, 0.3) is 0 Å². The number of benzene rings is 1. The fourth-order valence-corrected chi connectivity index (χ4v) is 2.86. The molecule has 0 bridgehead atoms. The number of methoxy groups -OCH3 is 1. The van der Waals surface area contributed by atoms with E-state index in [0.717, 1.165) is 15.4 Å². The van der Waals surface area contributed by atoms with Gasteiger partial charge in [0.1, 0.15) is 5.75 Å². The zero-order valence-corrected chi connectivity index (χ0v) is 12.7. The summed E-state index contributed by atoms with van der Waals surface area (Å²) in [7, 11) is 1.72. The van der Waals surface area contributed by atoms with Crippen LogP contribution in [0.15, 0.2) is 17.5 Å². The predicted octanol–water partition coefficient (Wildman–Crippen LogP) is 4.91. The number of hydrogen-bond acceptors (Lipinski definition) is 3. The third kappa shape index (κ3) is 2.49. The quantitative estimate of drug-likeness (QED) is 0.807. The first-order valence-corrected chi connectivity index (χ1v) is 7.18. The Morgan fingerprint density at radius 2 is 2.06 bits per heavy atom. The third-order valence-electron chi connectivity index (χ3n) is 3.01. The summed E-state index contributed by atoms with van der Waals surface area (Å²) < 4.78 is 6.27. The molecule has 0 aliphatic carbocycles. The summed E-state index contributed by atoms with van der Waals surface area (Å²) in [6, 6.07) is 4.30. The highest BCUT2D eigenvalue weighted by molar-refractivity contribution is 7.73. The van der Waals surface area contributed by atoms with Crippen molar-refractivity contribution in [3.63, 3.8) is 0 Å². The molecule has 1 aromatic carbocycles. The Labute approximate surface area is 117 Å².